The zero-order valence-electron chi connectivity index (χ0n) is 11.4. The molecule has 0 atom stereocenters. The summed E-state index contributed by atoms with van der Waals surface area (Å²) in [5.74, 6) is 0.617. The van der Waals surface area contributed by atoms with E-state index in [1.807, 2.05) is 25.3 Å². The minimum Gasteiger partial charge on any atom is -0.222 e. The lowest BCUT2D eigenvalue weighted by molar-refractivity contribution is -0.141. The van der Waals surface area contributed by atoms with E-state index >= 15 is 0 Å². The molecule has 0 saturated carbocycles. The zero-order valence-corrected chi connectivity index (χ0v) is 13.1. The minimum atomic E-state index is -4.47. The fourth-order valence-corrected chi connectivity index (χ4v) is 2.67. The van der Waals surface area contributed by atoms with Crippen molar-refractivity contribution in [2.45, 2.75) is 23.2 Å². The molecule has 0 unspecified atom stereocenters. The predicted octanol–water partition coefficient (Wildman–Crippen LogP) is 5.00. The fraction of sp³-hybridized carbons (Fsp3) is 0.286. The Balaban J connectivity index is 2.48. The van der Waals surface area contributed by atoms with Gasteiger partial charge in [-0.05, 0) is 30.2 Å². The van der Waals surface area contributed by atoms with Crippen molar-refractivity contribution in [3.63, 3.8) is 0 Å². The van der Waals surface area contributed by atoms with Gasteiger partial charge in [0, 0.05) is 10.5 Å². The van der Waals surface area contributed by atoms with Crippen LogP contribution < -0.4 is 0 Å². The third kappa shape index (κ3) is 4.14. The molecule has 21 heavy (non-hydrogen) atoms. The standard InChI is InChI=1S/C14H13F3N2S2/c1-3-21-13-18-11(8-12(19-13)14(15,16)17)9-4-6-10(20-2)7-5-9/h4-8H,3H2,1-2H3. The highest BCUT2D eigenvalue weighted by Crippen LogP contribution is 2.32. The number of hydrogen-bond acceptors (Lipinski definition) is 4. The molecule has 1 heterocycles. The first-order valence-corrected chi connectivity index (χ1v) is 8.38. The maximum absolute atomic E-state index is 12.9. The Hall–Kier alpha value is -1.21. The van der Waals surface area contributed by atoms with Crippen LogP contribution >= 0.6 is 23.5 Å². The van der Waals surface area contributed by atoms with E-state index in [0.29, 0.717) is 17.0 Å². The summed E-state index contributed by atoms with van der Waals surface area (Å²) in [6.45, 7) is 1.85. The largest absolute Gasteiger partial charge is 0.433 e. The van der Waals surface area contributed by atoms with Gasteiger partial charge in [-0.25, -0.2) is 9.97 Å². The molecule has 0 fully saturated rings. The second-order valence-electron chi connectivity index (χ2n) is 4.08. The van der Waals surface area contributed by atoms with Gasteiger partial charge in [-0.3, -0.25) is 0 Å². The van der Waals surface area contributed by atoms with Gasteiger partial charge in [-0.15, -0.1) is 11.8 Å². The number of aromatic nitrogens is 2. The molecule has 0 aliphatic carbocycles. The number of benzene rings is 1. The quantitative estimate of drug-likeness (QED) is 0.582. The van der Waals surface area contributed by atoms with Crippen molar-refractivity contribution in [1.29, 1.82) is 0 Å². The van der Waals surface area contributed by atoms with Crippen molar-refractivity contribution in [2.75, 3.05) is 12.0 Å². The molecule has 7 heteroatoms. The third-order valence-corrected chi connectivity index (χ3v) is 4.13. The molecule has 0 aliphatic heterocycles. The average Bonchev–Trinajstić information content (AvgIpc) is 2.46. The van der Waals surface area contributed by atoms with E-state index in [2.05, 4.69) is 9.97 Å². The molecule has 2 aromatic rings. The molecular formula is C14H13F3N2S2. The SMILES string of the molecule is CCSc1nc(-c2ccc(SC)cc2)cc(C(F)(F)F)n1. The first-order chi connectivity index (χ1) is 9.94. The molecule has 0 saturated heterocycles. The smallest absolute Gasteiger partial charge is 0.222 e. The summed E-state index contributed by atoms with van der Waals surface area (Å²) in [5.41, 5.74) is 0.0389. The van der Waals surface area contributed by atoms with Gasteiger partial charge in [0.1, 0.15) is 5.69 Å². The summed E-state index contributed by atoms with van der Waals surface area (Å²) in [5, 5.41) is 0.149. The van der Waals surface area contributed by atoms with Crippen LogP contribution in [-0.2, 0) is 6.18 Å². The first kappa shape index (κ1) is 16.2. The maximum Gasteiger partial charge on any atom is 0.433 e. The van der Waals surface area contributed by atoms with Gasteiger partial charge in [0.2, 0.25) is 0 Å². The van der Waals surface area contributed by atoms with Crippen LogP contribution in [0.25, 0.3) is 11.3 Å². The van der Waals surface area contributed by atoms with E-state index in [9.17, 15) is 13.2 Å². The van der Waals surface area contributed by atoms with E-state index < -0.39 is 11.9 Å². The highest BCUT2D eigenvalue weighted by molar-refractivity contribution is 7.99. The molecule has 0 amide bonds. The number of alkyl halides is 3. The summed E-state index contributed by atoms with van der Waals surface area (Å²) in [4.78, 5) is 8.83. The number of halogens is 3. The lowest BCUT2D eigenvalue weighted by atomic mass is 10.1. The topological polar surface area (TPSA) is 25.8 Å². The lowest BCUT2D eigenvalue weighted by Gasteiger charge is -2.10. The van der Waals surface area contributed by atoms with Gasteiger partial charge in [0.25, 0.3) is 0 Å². The molecule has 2 rings (SSSR count). The van der Waals surface area contributed by atoms with E-state index in [4.69, 9.17) is 0 Å². The Morgan fingerprint density at radius 3 is 2.29 bits per heavy atom. The van der Waals surface area contributed by atoms with Crippen LogP contribution in [0.15, 0.2) is 40.4 Å². The average molecular weight is 330 g/mol. The number of thioether (sulfide) groups is 2. The van der Waals surface area contributed by atoms with E-state index in [1.54, 1.807) is 23.9 Å². The van der Waals surface area contributed by atoms with Crippen molar-refractivity contribution in [3.05, 3.63) is 36.0 Å². The van der Waals surface area contributed by atoms with Crippen LogP contribution in [0, 0.1) is 0 Å². The molecule has 0 N–H and O–H groups in total. The van der Waals surface area contributed by atoms with Crippen LogP contribution in [0.4, 0.5) is 13.2 Å². The van der Waals surface area contributed by atoms with E-state index in [0.717, 1.165) is 11.0 Å². The van der Waals surface area contributed by atoms with Crippen molar-refractivity contribution in [1.82, 2.24) is 9.97 Å². The normalized spacial score (nSPS) is 11.7. The maximum atomic E-state index is 12.9. The predicted molar refractivity (Wildman–Crippen MR) is 80.6 cm³/mol. The van der Waals surface area contributed by atoms with Gasteiger partial charge in [-0.2, -0.15) is 13.2 Å². The third-order valence-electron chi connectivity index (χ3n) is 2.66. The monoisotopic (exact) mass is 330 g/mol. The first-order valence-electron chi connectivity index (χ1n) is 6.17. The van der Waals surface area contributed by atoms with Crippen molar-refractivity contribution in [3.8, 4) is 11.3 Å². The van der Waals surface area contributed by atoms with Gasteiger partial charge in [0.15, 0.2) is 5.16 Å². The molecular weight excluding hydrogens is 317 g/mol. The van der Waals surface area contributed by atoms with Crippen LogP contribution in [0.3, 0.4) is 0 Å². The number of rotatable bonds is 4. The molecule has 1 aromatic carbocycles. The van der Waals surface area contributed by atoms with Crippen LogP contribution in [0.2, 0.25) is 0 Å². The Kier molecular flexibility index (Phi) is 5.16. The van der Waals surface area contributed by atoms with Crippen LogP contribution in [0.5, 0.6) is 0 Å². The number of hydrogen-bond donors (Lipinski definition) is 0. The molecule has 0 spiro atoms. The van der Waals surface area contributed by atoms with Gasteiger partial charge in [-0.1, -0.05) is 30.8 Å². The Morgan fingerprint density at radius 2 is 1.76 bits per heavy atom. The number of nitrogens with zero attached hydrogens (tertiary/aromatic N) is 2. The summed E-state index contributed by atoms with van der Waals surface area (Å²) < 4.78 is 38.8. The fourth-order valence-electron chi connectivity index (χ4n) is 1.67. The van der Waals surface area contributed by atoms with Gasteiger partial charge in [0.05, 0.1) is 5.69 Å². The van der Waals surface area contributed by atoms with Crippen LogP contribution in [0.1, 0.15) is 12.6 Å². The summed E-state index contributed by atoms with van der Waals surface area (Å²) >= 11 is 2.77. The molecule has 1 aromatic heterocycles. The lowest BCUT2D eigenvalue weighted by Crippen LogP contribution is -2.10. The van der Waals surface area contributed by atoms with E-state index in [-0.39, 0.29) is 5.16 Å². The zero-order chi connectivity index (χ0) is 15.5. The van der Waals surface area contributed by atoms with Gasteiger partial charge < -0.3 is 0 Å². The molecule has 0 bridgehead atoms. The van der Waals surface area contributed by atoms with Crippen molar-refractivity contribution in [2.24, 2.45) is 0 Å². The van der Waals surface area contributed by atoms with Crippen molar-refractivity contribution < 1.29 is 13.2 Å². The van der Waals surface area contributed by atoms with Gasteiger partial charge >= 0.3 is 6.18 Å². The Bertz CT molecular complexity index is 613. The second kappa shape index (κ2) is 6.70. The summed E-state index contributed by atoms with van der Waals surface area (Å²) in [6, 6.07) is 8.27. The van der Waals surface area contributed by atoms with Crippen molar-refractivity contribution >= 4 is 23.5 Å². The highest BCUT2D eigenvalue weighted by atomic mass is 32.2. The van der Waals surface area contributed by atoms with Crippen LogP contribution in [-0.4, -0.2) is 22.0 Å². The molecule has 0 radical (unpaired) electrons. The summed E-state index contributed by atoms with van der Waals surface area (Å²) in [7, 11) is 0. The molecule has 0 aliphatic rings. The highest BCUT2D eigenvalue weighted by Gasteiger charge is 2.33. The summed E-state index contributed by atoms with van der Waals surface area (Å²) in [6.07, 6.45) is -2.53. The Labute approximate surface area is 129 Å². The molecule has 2 nitrogen and oxygen atoms in total. The molecule has 112 valence electrons. The second-order valence-corrected chi connectivity index (χ2v) is 6.19. The van der Waals surface area contributed by atoms with E-state index in [1.165, 1.54) is 11.8 Å². The Morgan fingerprint density at radius 1 is 1.10 bits per heavy atom. The minimum absolute atomic E-state index is 0.149.